The Hall–Kier alpha value is -1.42. The standard InChI is InChI=1S/C12H15ClN4/c1-7(2)10-11(13)14-6-15-12(10)17-9(4)5-8(3)16-17/h5-7H,1-4H3. The van der Waals surface area contributed by atoms with E-state index in [0.29, 0.717) is 5.15 Å². The zero-order valence-corrected chi connectivity index (χ0v) is 11.2. The molecule has 0 saturated carbocycles. The van der Waals surface area contributed by atoms with Crippen LogP contribution in [0.1, 0.15) is 36.7 Å². The van der Waals surface area contributed by atoms with Gasteiger partial charge in [-0.2, -0.15) is 5.10 Å². The summed E-state index contributed by atoms with van der Waals surface area (Å²) in [4.78, 5) is 8.35. The number of hydrogen-bond donors (Lipinski definition) is 0. The van der Waals surface area contributed by atoms with Crippen LogP contribution < -0.4 is 0 Å². The second-order valence-electron chi connectivity index (χ2n) is 4.40. The number of aromatic nitrogens is 4. The van der Waals surface area contributed by atoms with Crippen LogP contribution in [0, 0.1) is 13.8 Å². The van der Waals surface area contributed by atoms with E-state index in [1.165, 1.54) is 6.33 Å². The molecule has 0 N–H and O–H groups in total. The topological polar surface area (TPSA) is 43.6 Å². The van der Waals surface area contributed by atoms with Crippen molar-refractivity contribution in [3.8, 4) is 5.82 Å². The summed E-state index contributed by atoms with van der Waals surface area (Å²) in [7, 11) is 0. The van der Waals surface area contributed by atoms with E-state index in [1.54, 1.807) is 0 Å². The lowest BCUT2D eigenvalue weighted by Crippen LogP contribution is -2.08. The van der Waals surface area contributed by atoms with Crippen molar-refractivity contribution in [3.63, 3.8) is 0 Å². The molecule has 0 saturated heterocycles. The highest BCUT2D eigenvalue weighted by Gasteiger charge is 2.16. The van der Waals surface area contributed by atoms with Gasteiger partial charge in [-0.15, -0.1) is 0 Å². The largest absolute Gasteiger partial charge is 0.224 e. The Kier molecular flexibility index (Phi) is 3.15. The van der Waals surface area contributed by atoms with Gasteiger partial charge in [0, 0.05) is 11.3 Å². The molecule has 90 valence electrons. The number of hydrogen-bond acceptors (Lipinski definition) is 3. The van der Waals surface area contributed by atoms with Gasteiger partial charge >= 0.3 is 0 Å². The molecule has 0 bridgehead atoms. The van der Waals surface area contributed by atoms with Crippen molar-refractivity contribution >= 4 is 11.6 Å². The summed E-state index contributed by atoms with van der Waals surface area (Å²) in [5.41, 5.74) is 2.94. The maximum Gasteiger partial charge on any atom is 0.161 e. The Bertz CT molecular complexity index is 545. The molecule has 2 aromatic heterocycles. The lowest BCUT2D eigenvalue weighted by atomic mass is 10.1. The summed E-state index contributed by atoms with van der Waals surface area (Å²) < 4.78 is 1.82. The zero-order valence-electron chi connectivity index (χ0n) is 10.4. The third kappa shape index (κ3) is 2.17. The van der Waals surface area contributed by atoms with Crippen molar-refractivity contribution in [3.05, 3.63) is 34.5 Å². The van der Waals surface area contributed by atoms with E-state index in [-0.39, 0.29) is 5.92 Å². The van der Waals surface area contributed by atoms with Gasteiger partial charge in [0.05, 0.1) is 5.69 Å². The molecule has 2 aromatic rings. The van der Waals surface area contributed by atoms with Crippen LogP contribution in [0.3, 0.4) is 0 Å². The van der Waals surface area contributed by atoms with Crippen LogP contribution in [-0.2, 0) is 0 Å². The van der Waals surface area contributed by atoms with Crippen molar-refractivity contribution in [1.29, 1.82) is 0 Å². The van der Waals surface area contributed by atoms with Crippen LogP contribution in [0.25, 0.3) is 5.82 Å². The van der Waals surface area contributed by atoms with Crippen molar-refractivity contribution in [1.82, 2.24) is 19.7 Å². The molecule has 17 heavy (non-hydrogen) atoms. The Balaban J connectivity index is 2.67. The minimum absolute atomic E-state index is 0.252. The molecule has 0 aromatic carbocycles. The molecule has 2 rings (SSSR count). The smallest absolute Gasteiger partial charge is 0.161 e. The zero-order chi connectivity index (χ0) is 12.6. The SMILES string of the molecule is Cc1cc(C)n(-c2ncnc(Cl)c2C(C)C)n1. The summed E-state index contributed by atoms with van der Waals surface area (Å²) in [5, 5.41) is 4.93. The van der Waals surface area contributed by atoms with E-state index in [0.717, 1.165) is 22.8 Å². The van der Waals surface area contributed by atoms with E-state index in [4.69, 9.17) is 11.6 Å². The maximum atomic E-state index is 6.14. The quantitative estimate of drug-likeness (QED) is 0.770. The molecule has 4 nitrogen and oxygen atoms in total. The van der Waals surface area contributed by atoms with Gasteiger partial charge in [0.2, 0.25) is 0 Å². The first-order valence-electron chi connectivity index (χ1n) is 5.54. The van der Waals surface area contributed by atoms with Gasteiger partial charge in [0.15, 0.2) is 5.82 Å². The van der Waals surface area contributed by atoms with Crippen molar-refractivity contribution in [2.24, 2.45) is 0 Å². The van der Waals surface area contributed by atoms with Gasteiger partial charge in [0.1, 0.15) is 11.5 Å². The molecule has 0 radical (unpaired) electrons. The first kappa shape index (κ1) is 12.0. The molecule has 0 fully saturated rings. The predicted octanol–water partition coefficient (Wildman–Crippen LogP) is 3.06. The highest BCUT2D eigenvalue weighted by atomic mass is 35.5. The van der Waals surface area contributed by atoms with Crippen LogP contribution in [0.4, 0.5) is 0 Å². The number of halogens is 1. The summed E-state index contributed by atoms with van der Waals surface area (Å²) in [5.74, 6) is 1.02. The number of rotatable bonds is 2. The average Bonchev–Trinajstić information content (AvgIpc) is 2.56. The minimum Gasteiger partial charge on any atom is -0.224 e. The monoisotopic (exact) mass is 250 g/mol. The van der Waals surface area contributed by atoms with Crippen LogP contribution in [0.15, 0.2) is 12.4 Å². The average molecular weight is 251 g/mol. The third-order valence-electron chi connectivity index (χ3n) is 2.60. The predicted molar refractivity (Wildman–Crippen MR) is 67.7 cm³/mol. The van der Waals surface area contributed by atoms with E-state index >= 15 is 0 Å². The molecule has 0 unspecified atom stereocenters. The Morgan fingerprint density at radius 3 is 2.47 bits per heavy atom. The molecule has 0 aliphatic rings. The second-order valence-corrected chi connectivity index (χ2v) is 4.75. The molecule has 2 heterocycles. The molecule has 0 spiro atoms. The van der Waals surface area contributed by atoms with Crippen LogP contribution >= 0.6 is 11.6 Å². The summed E-state index contributed by atoms with van der Waals surface area (Å²) in [6.07, 6.45) is 1.47. The maximum absolute atomic E-state index is 6.14. The Labute approximate surface area is 106 Å². The molecule has 0 atom stereocenters. The van der Waals surface area contributed by atoms with Gasteiger partial charge in [-0.3, -0.25) is 0 Å². The Morgan fingerprint density at radius 1 is 1.24 bits per heavy atom. The Morgan fingerprint density at radius 2 is 1.94 bits per heavy atom. The van der Waals surface area contributed by atoms with Crippen molar-refractivity contribution < 1.29 is 0 Å². The first-order valence-corrected chi connectivity index (χ1v) is 5.92. The molecular weight excluding hydrogens is 236 g/mol. The highest BCUT2D eigenvalue weighted by Crippen LogP contribution is 2.27. The normalized spacial score (nSPS) is 11.2. The molecule has 0 amide bonds. The molecule has 0 aliphatic heterocycles. The van der Waals surface area contributed by atoms with E-state index < -0.39 is 0 Å². The van der Waals surface area contributed by atoms with E-state index in [1.807, 2.05) is 24.6 Å². The first-order chi connectivity index (χ1) is 8.00. The van der Waals surface area contributed by atoms with E-state index in [9.17, 15) is 0 Å². The molecule has 5 heteroatoms. The fraction of sp³-hybridized carbons (Fsp3) is 0.417. The summed E-state index contributed by atoms with van der Waals surface area (Å²) >= 11 is 6.14. The van der Waals surface area contributed by atoms with Gasteiger partial charge in [-0.25, -0.2) is 14.6 Å². The summed E-state index contributed by atoms with van der Waals surface area (Å²) in [6.45, 7) is 8.10. The van der Waals surface area contributed by atoms with Crippen LogP contribution in [0.2, 0.25) is 5.15 Å². The molecule has 0 aliphatic carbocycles. The van der Waals surface area contributed by atoms with Gasteiger partial charge in [0.25, 0.3) is 0 Å². The van der Waals surface area contributed by atoms with Gasteiger partial charge in [-0.05, 0) is 25.8 Å². The lowest BCUT2D eigenvalue weighted by Gasteiger charge is -2.13. The third-order valence-corrected chi connectivity index (χ3v) is 2.90. The second kappa shape index (κ2) is 4.45. The minimum atomic E-state index is 0.252. The molecular formula is C12H15ClN4. The van der Waals surface area contributed by atoms with Crippen LogP contribution in [-0.4, -0.2) is 19.7 Å². The van der Waals surface area contributed by atoms with E-state index in [2.05, 4.69) is 28.9 Å². The number of nitrogens with zero attached hydrogens (tertiary/aromatic N) is 4. The number of aryl methyl sites for hydroxylation is 2. The lowest BCUT2D eigenvalue weighted by molar-refractivity contribution is 0.752. The van der Waals surface area contributed by atoms with Crippen molar-refractivity contribution in [2.75, 3.05) is 0 Å². The fourth-order valence-electron chi connectivity index (χ4n) is 1.87. The van der Waals surface area contributed by atoms with Gasteiger partial charge < -0.3 is 0 Å². The highest BCUT2D eigenvalue weighted by molar-refractivity contribution is 6.30. The fourth-order valence-corrected chi connectivity index (χ4v) is 2.22. The summed E-state index contributed by atoms with van der Waals surface area (Å²) in [6, 6.07) is 2.01. The van der Waals surface area contributed by atoms with Gasteiger partial charge in [-0.1, -0.05) is 25.4 Å². The van der Waals surface area contributed by atoms with Crippen molar-refractivity contribution in [2.45, 2.75) is 33.6 Å². The van der Waals surface area contributed by atoms with Crippen LogP contribution in [0.5, 0.6) is 0 Å².